The van der Waals surface area contributed by atoms with Gasteiger partial charge in [0.1, 0.15) is 5.00 Å². The van der Waals surface area contributed by atoms with Crippen LogP contribution in [0.3, 0.4) is 0 Å². The number of ether oxygens (including phenoxy) is 1. The second kappa shape index (κ2) is 7.21. The Hall–Kier alpha value is -2.97. The van der Waals surface area contributed by atoms with Gasteiger partial charge in [-0.15, -0.1) is 21.5 Å². The maximum absolute atomic E-state index is 6.64. The first-order valence-electron chi connectivity index (χ1n) is 9.25. The zero-order valence-corrected chi connectivity index (χ0v) is 16.1. The summed E-state index contributed by atoms with van der Waals surface area (Å²) in [5.41, 5.74) is 9.72. The number of hydrogen-bond donors (Lipinski definition) is 2. The van der Waals surface area contributed by atoms with Gasteiger partial charge in [-0.1, -0.05) is 42.5 Å². The molecule has 28 heavy (non-hydrogen) atoms. The molecule has 1 aliphatic heterocycles. The van der Waals surface area contributed by atoms with E-state index in [-0.39, 0.29) is 0 Å². The van der Waals surface area contributed by atoms with Gasteiger partial charge in [-0.25, -0.2) is 0 Å². The van der Waals surface area contributed by atoms with Crippen LogP contribution < -0.4 is 10.6 Å². The molecule has 0 saturated carbocycles. The van der Waals surface area contributed by atoms with Crippen molar-refractivity contribution in [3.05, 3.63) is 53.6 Å². The topological polar surface area (TPSA) is 93.0 Å². The molecule has 8 heteroatoms. The van der Waals surface area contributed by atoms with E-state index >= 15 is 0 Å². The monoisotopic (exact) mass is 392 g/mol. The molecule has 0 bridgehead atoms. The van der Waals surface area contributed by atoms with E-state index in [1.54, 1.807) is 11.3 Å². The van der Waals surface area contributed by atoms with E-state index < -0.39 is 0 Å². The number of anilines is 2. The highest BCUT2D eigenvalue weighted by Crippen LogP contribution is 2.44. The van der Waals surface area contributed by atoms with Crippen molar-refractivity contribution in [2.24, 2.45) is 0 Å². The molecule has 7 nitrogen and oxygen atoms in total. The molecule has 5 rings (SSSR count). The molecule has 1 aliphatic rings. The zero-order chi connectivity index (χ0) is 18.9. The number of aromatic nitrogens is 4. The Bertz CT molecular complexity index is 1100. The van der Waals surface area contributed by atoms with Gasteiger partial charge >= 0.3 is 0 Å². The molecule has 0 unspecified atom stereocenters. The fourth-order valence-electron chi connectivity index (χ4n) is 3.63. The van der Waals surface area contributed by atoms with E-state index in [2.05, 4.69) is 68.0 Å². The van der Waals surface area contributed by atoms with Crippen LogP contribution >= 0.6 is 11.3 Å². The average molecular weight is 392 g/mol. The van der Waals surface area contributed by atoms with Gasteiger partial charge in [0.05, 0.1) is 23.8 Å². The van der Waals surface area contributed by atoms with Crippen molar-refractivity contribution in [2.45, 2.75) is 6.42 Å². The molecule has 0 spiro atoms. The number of morpholine rings is 1. The van der Waals surface area contributed by atoms with Crippen LogP contribution in [0, 0.1) is 0 Å². The van der Waals surface area contributed by atoms with E-state index in [1.807, 2.05) is 0 Å². The Balaban J connectivity index is 1.57. The minimum absolute atomic E-state index is 0.590. The van der Waals surface area contributed by atoms with Crippen LogP contribution in [0.2, 0.25) is 0 Å². The number of nitrogens with zero attached hydrogens (tertiary/aromatic N) is 4. The first-order chi connectivity index (χ1) is 13.8. The Labute approximate surface area is 166 Å². The summed E-state index contributed by atoms with van der Waals surface area (Å²) in [6.07, 6.45) is 0.724. The summed E-state index contributed by atoms with van der Waals surface area (Å²) in [4.78, 5) is 3.26. The number of nitrogens with two attached hydrogens (primary N) is 1. The molecule has 1 fully saturated rings. The van der Waals surface area contributed by atoms with Crippen molar-refractivity contribution in [3.63, 3.8) is 0 Å². The van der Waals surface area contributed by atoms with Crippen LogP contribution in [0.4, 0.5) is 10.7 Å². The van der Waals surface area contributed by atoms with Gasteiger partial charge in [0.25, 0.3) is 0 Å². The minimum atomic E-state index is 0.590. The molecular formula is C20H20N6OS. The highest BCUT2D eigenvalue weighted by atomic mass is 32.1. The van der Waals surface area contributed by atoms with Crippen molar-refractivity contribution in [1.82, 2.24) is 20.6 Å². The standard InChI is InChI=1S/C20H20N6OS/c21-17-16(12-13-5-6-14-3-1-2-4-15(14)11-13)18(19-22-24-25-23-19)28-20(17)26-7-9-27-10-8-26/h1-6,11H,7-10,12,21H2,(H,22,23,24,25). The molecule has 1 saturated heterocycles. The second-order valence-corrected chi connectivity index (χ2v) is 7.82. The van der Waals surface area contributed by atoms with E-state index in [9.17, 15) is 0 Å². The molecule has 4 aromatic rings. The van der Waals surface area contributed by atoms with Gasteiger partial charge < -0.3 is 15.4 Å². The third kappa shape index (κ3) is 3.10. The number of fused-ring (bicyclic) bond motifs is 1. The van der Waals surface area contributed by atoms with Gasteiger partial charge in [0, 0.05) is 25.1 Å². The number of hydrogen-bond acceptors (Lipinski definition) is 7. The van der Waals surface area contributed by atoms with Gasteiger partial charge in [-0.05, 0) is 21.5 Å². The van der Waals surface area contributed by atoms with E-state index in [0.717, 1.165) is 53.9 Å². The third-order valence-corrected chi connectivity index (χ3v) is 6.37. The van der Waals surface area contributed by atoms with Crippen molar-refractivity contribution >= 4 is 32.8 Å². The zero-order valence-electron chi connectivity index (χ0n) is 15.3. The number of H-pyrrole nitrogens is 1. The second-order valence-electron chi connectivity index (χ2n) is 6.82. The van der Waals surface area contributed by atoms with Gasteiger partial charge in [-0.2, -0.15) is 5.21 Å². The summed E-state index contributed by atoms with van der Waals surface area (Å²) in [5, 5.41) is 18.2. The normalized spacial score (nSPS) is 14.6. The molecule has 0 atom stereocenters. The highest BCUT2D eigenvalue weighted by Gasteiger charge is 2.24. The minimum Gasteiger partial charge on any atom is -0.396 e. The predicted molar refractivity (Wildman–Crippen MR) is 112 cm³/mol. The van der Waals surface area contributed by atoms with E-state index in [4.69, 9.17) is 10.5 Å². The van der Waals surface area contributed by atoms with Crippen LogP contribution in [-0.2, 0) is 11.2 Å². The fourth-order valence-corrected chi connectivity index (χ4v) is 4.85. The smallest absolute Gasteiger partial charge is 0.215 e. The molecule has 0 radical (unpaired) electrons. The van der Waals surface area contributed by atoms with Crippen LogP contribution in [-0.4, -0.2) is 46.9 Å². The summed E-state index contributed by atoms with van der Waals surface area (Å²) in [5.74, 6) is 0.590. The molecule has 2 aromatic carbocycles. The van der Waals surface area contributed by atoms with E-state index in [1.165, 1.54) is 16.3 Å². The van der Waals surface area contributed by atoms with Crippen molar-refractivity contribution < 1.29 is 4.74 Å². The number of benzene rings is 2. The molecule has 3 heterocycles. The maximum Gasteiger partial charge on any atom is 0.215 e. The van der Waals surface area contributed by atoms with Crippen LogP contribution in [0.1, 0.15) is 11.1 Å². The SMILES string of the molecule is Nc1c(N2CCOCC2)sc(-c2nn[nH]n2)c1Cc1ccc2ccccc2c1. The fraction of sp³-hybridized carbons (Fsp3) is 0.250. The number of thiophene rings is 1. The predicted octanol–water partition coefficient (Wildman–Crippen LogP) is 3.09. The molecular weight excluding hydrogens is 372 g/mol. The molecule has 0 amide bonds. The average Bonchev–Trinajstić information content (AvgIpc) is 3.38. The third-order valence-electron chi connectivity index (χ3n) is 5.07. The largest absolute Gasteiger partial charge is 0.396 e. The lowest BCUT2D eigenvalue weighted by molar-refractivity contribution is 0.123. The summed E-state index contributed by atoms with van der Waals surface area (Å²) in [6.45, 7) is 3.11. The summed E-state index contributed by atoms with van der Waals surface area (Å²) in [6, 6.07) is 14.9. The molecule has 2 aromatic heterocycles. The number of rotatable bonds is 4. The summed E-state index contributed by atoms with van der Waals surface area (Å²) < 4.78 is 5.49. The first-order valence-corrected chi connectivity index (χ1v) is 10.1. The van der Waals surface area contributed by atoms with Crippen LogP contribution in [0.5, 0.6) is 0 Å². The van der Waals surface area contributed by atoms with Crippen LogP contribution in [0.15, 0.2) is 42.5 Å². The number of nitrogens with one attached hydrogen (secondary N) is 1. The summed E-state index contributed by atoms with van der Waals surface area (Å²) >= 11 is 1.63. The van der Waals surface area contributed by atoms with Gasteiger partial charge in [-0.3, -0.25) is 0 Å². The molecule has 0 aliphatic carbocycles. The lowest BCUT2D eigenvalue weighted by atomic mass is 10.0. The molecule has 3 N–H and O–H groups in total. The molecule has 142 valence electrons. The number of aromatic amines is 1. The first kappa shape index (κ1) is 17.2. The van der Waals surface area contributed by atoms with Gasteiger partial charge in [0.2, 0.25) is 5.82 Å². The lowest BCUT2D eigenvalue weighted by Crippen LogP contribution is -2.36. The summed E-state index contributed by atoms with van der Waals surface area (Å²) in [7, 11) is 0. The van der Waals surface area contributed by atoms with Gasteiger partial charge in [0.15, 0.2) is 0 Å². The maximum atomic E-state index is 6.64. The van der Waals surface area contributed by atoms with Crippen molar-refractivity contribution in [3.8, 4) is 10.7 Å². The lowest BCUT2D eigenvalue weighted by Gasteiger charge is -2.28. The Morgan fingerprint density at radius 3 is 2.71 bits per heavy atom. The van der Waals surface area contributed by atoms with Crippen LogP contribution in [0.25, 0.3) is 21.5 Å². The Kier molecular flexibility index (Phi) is 4.42. The quantitative estimate of drug-likeness (QED) is 0.554. The van der Waals surface area contributed by atoms with Crippen molar-refractivity contribution in [2.75, 3.05) is 36.9 Å². The Morgan fingerprint density at radius 1 is 1.11 bits per heavy atom. The Morgan fingerprint density at radius 2 is 1.93 bits per heavy atom. The number of tetrazole rings is 1. The van der Waals surface area contributed by atoms with Crippen molar-refractivity contribution in [1.29, 1.82) is 0 Å². The van der Waals surface area contributed by atoms with E-state index in [0.29, 0.717) is 5.82 Å². The number of nitrogen functional groups attached to an aromatic ring is 1. The highest BCUT2D eigenvalue weighted by molar-refractivity contribution is 7.20.